The highest BCUT2D eigenvalue weighted by Gasteiger charge is 2.12. The van der Waals surface area contributed by atoms with Gasteiger partial charge >= 0.3 is 5.97 Å². The first-order valence-electron chi connectivity index (χ1n) is 6.53. The lowest BCUT2D eigenvalue weighted by atomic mass is 10.1. The molecule has 0 fully saturated rings. The molecule has 98 valence electrons. The Hall–Kier alpha value is -1.12. The molecule has 3 heteroatoms. The van der Waals surface area contributed by atoms with E-state index in [0.717, 1.165) is 38.5 Å². The van der Waals surface area contributed by atoms with Gasteiger partial charge < -0.3 is 4.74 Å². The second kappa shape index (κ2) is 10.1. The van der Waals surface area contributed by atoms with Crippen molar-refractivity contribution >= 4 is 11.8 Å². The fraction of sp³-hybridized carbons (Fsp3) is 0.714. The smallest absolute Gasteiger partial charge is 0.308 e. The van der Waals surface area contributed by atoms with Crippen LogP contribution in [0.4, 0.5) is 0 Å². The van der Waals surface area contributed by atoms with Crippen LogP contribution < -0.4 is 0 Å². The SMILES string of the molecule is CCC/C=C(\OC(C)=O)C(=O)CCCCCC. The fourth-order valence-electron chi connectivity index (χ4n) is 1.48. The monoisotopic (exact) mass is 240 g/mol. The van der Waals surface area contributed by atoms with Gasteiger partial charge in [0.05, 0.1) is 0 Å². The standard InChI is InChI=1S/C14H24O3/c1-4-6-8-9-10-13(16)14(11-7-5-2)17-12(3)15/h11H,4-10H2,1-3H3/b14-11-. The van der Waals surface area contributed by atoms with E-state index in [0.29, 0.717) is 6.42 Å². The molecule has 0 aromatic heterocycles. The summed E-state index contributed by atoms with van der Waals surface area (Å²) in [6.07, 6.45) is 8.13. The number of esters is 1. The van der Waals surface area contributed by atoms with Crippen molar-refractivity contribution in [3.05, 3.63) is 11.8 Å². The number of allylic oxidation sites excluding steroid dienone is 2. The van der Waals surface area contributed by atoms with Crippen molar-refractivity contribution in [3.63, 3.8) is 0 Å². The van der Waals surface area contributed by atoms with Crippen molar-refractivity contribution in [1.82, 2.24) is 0 Å². The quantitative estimate of drug-likeness (QED) is 0.267. The van der Waals surface area contributed by atoms with Crippen molar-refractivity contribution in [2.24, 2.45) is 0 Å². The van der Waals surface area contributed by atoms with E-state index in [9.17, 15) is 9.59 Å². The zero-order valence-corrected chi connectivity index (χ0v) is 11.3. The number of carbonyl (C=O) groups is 2. The predicted octanol–water partition coefficient (Wildman–Crippen LogP) is 3.77. The van der Waals surface area contributed by atoms with E-state index in [2.05, 4.69) is 6.92 Å². The van der Waals surface area contributed by atoms with Gasteiger partial charge in [-0.25, -0.2) is 0 Å². The molecule has 0 aliphatic rings. The van der Waals surface area contributed by atoms with E-state index in [1.807, 2.05) is 6.92 Å². The topological polar surface area (TPSA) is 43.4 Å². The van der Waals surface area contributed by atoms with Crippen LogP contribution in [-0.2, 0) is 14.3 Å². The largest absolute Gasteiger partial charge is 0.423 e. The minimum absolute atomic E-state index is 0.0512. The van der Waals surface area contributed by atoms with Gasteiger partial charge in [0, 0.05) is 13.3 Å². The van der Waals surface area contributed by atoms with Gasteiger partial charge in [-0.1, -0.05) is 39.5 Å². The summed E-state index contributed by atoms with van der Waals surface area (Å²) in [6.45, 7) is 5.48. The molecule has 0 aliphatic heterocycles. The van der Waals surface area contributed by atoms with Gasteiger partial charge in [0.1, 0.15) is 0 Å². The number of ether oxygens (including phenoxy) is 1. The maximum atomic E-state index is 11.8. The van der Waals surface area contributed by atoms with Gasteiger partial charge in [-0.05, 0) is 18.9 Å². The maximum absolute atomic E-state index is 11.8. The van der Waals surface area contributed by atoms with E-state index in [1.54, 1.807) is 6.08 Å². The third kappa shape index (κ3) is 8.66. The van der Waals surface area contributed by atoms with E-state index < -0.39 is 5.97 Å². The van der Waals surface area contributed by atoms with E-state index in [4.69, 9.17) is 4.74 Å². The van der Waals surface area contributed by atoms with Crippen molar-refractivity contribution in [2.45, 2.75) is 65.7 Å². The molecule has 0 saturated carbocycles. The summed E-state index contributed by atoms with van der Waals surface area (Å²) >= 11 is 0. The van der Waals surface area contributed by atoms with Crippen LogP contribution in [0, 0.1) is 0 Å². The minimum atomic E-state index is -0.422. The normalized spacial score (nSPS) is 11.4. The molecule has 0 aromatic rings. The summed E-state index contributed by atoms with van der Waals surface area (Å²) in [7, 11) is 0. The number of rotatable bonds is 9. The zero-order chi connectivity index (χ0) is 13.1. The van der Waals surface area contributed by atoms with Gasteiger partial charge in [0.15, 0.2) is 11.5 Å². The van der Waals surface area contributed by atoms with Crippen LogP contribution in [0.25, 0.3) is 0 Å². The second-order valence-electron chi connectivity index (χ2n) is 4.18. The van der Waals surface area contributed by atoms with Crippen molar-refractivity contribution in [3.8, 4) is 0 Å². The van der Waals surface area contributed by atoms with Crippen LogP contribution in [0.2, 0.25) is 0 Å². The second-order valence-corrected chi connectivity index (χ2v) is 4.18. The number of ketones is 1. The molecule has 0 aromatic carbocycles. The zero-order valence-electron chi connectivity index (χ0n) is 11.3. The summed E-state index contributed by atoms with van der Waals surface area (Å²) in [6, 6.07) is 0. The van der Waals surface area contributed by atoms with Crippen LogP contribution in [0.15, 0.2) is 11.8 Å². The molecule has 0 saturated heterocycles. The first-order chi connectivity index (χ1) is 8.11. The minimum Gasteiger partial charge on any atom is -0.423 e. The molecule has 0 amide bonds. The van der Waals surface area contributed by atoms with Crippen molar-refractivity contribution in [2.75, 3.05) is 0 Å². The Bertz CT molecular complexity index is 267. The highest BCUT2D eigenvalue weighted by molar-refractivity contribution is 5.95. The lowest BCUT2D eigenvalue weighted by Crippen LogP contribution is -2.09. The number of unbranched alkanes of at least 4 members (excludes halogenated alkanes) is 4. The molecule has 3 nitrogen and oxygen atoms in total. The lowest BCUT2D eigenvalue weighted by molar-refractivity contribution is -0.140. The molecule has 0 unspecified atom stereocenters. The molecule has 0 bridgehead atoms. The summed E-state index contributed by atoms with van der Waals surface area (Å²) in [5.74, 6) is -0.241. The fourth-order valence-corrected chi connectivity index (χ4v) is 1.48. The van der Waals surface area contributed by atoms with Crippen molar-refractivity contribution in [1.29, 1.82) is 0 Å². The predicted molar refractivity (Wildman–Crippen MR) is 68.5 cm³/mol. The van der Waals surface area contributed by atoms with Gasteiger partial charge in [0.2, 0.25) is 0 Å². The van der Waals surface area contributed by atoms with Crippen LogP contribution in [-0.4, -0.2) is 11.8 Å². The van der Waals surface area contributed by atoms with Crippen LogP contribution in [0.1, 0.15) is 65.7 Å². The first kappa shape index (κ1) is 15.9. The molecule has 0 N–H and O–H groups in total. The van der Waals surface area contributed by atoms with Crippen LogP contribution in [0.3, 0.4) is 0 Å². The Kier molecular flexibility index (Phi) is 9.40. The van der Waals surface area contributed by atoms with Gasteiger partial charge in [0.25, 0.3) is 0 Å². The first-order valence-corrected chi connectivity index (χ1v) is 6.53. The van der Waals surface area contributed by atoms with Crippen molar-refractivity contribution < 1.29 is 14.3 Å². The summed E-state index contributed by atoms with van der Waals surface area (Å²) in [5.41, 5.74) is 0. The number of carbonyl (C=O) groups excluding carboxylic acids is 2. The summed E-state index contributed by atoms with van der Waals surface area (Å²) in [4.78, 5) is 22.7. The Balaban J connectivity index is 4.18. The maximum Gasteiger partial charge on any atom is 0.308 e. The Labute approximate surface area is 104 Å². The average molecular weight is 240 g/mol. The van der Waals surface area contributed by atoms with Crippen LogP contribution >= 0.6 is 0 Å². The third-order valence-corrected chi connectivity index (χ3v) is 2.40. The molecule has 0 rings (SSSR count). The molecule has 0 aliphatic carbocycles. The van der Waals surface area contributed by atoms with Gasteiger partial charge in [-0.15, -0.1) is 0 Å². The summed E-state index contributed by atoms with van der Waals surface area (Å²) < 4.78 is 4.94. The van der Waals surface area contributed by atoms with Gasteiger partial charge in [-0.2, -0.15) is 0 Å². The van der Waals surface area contributed by atoms with E-state index in [1.165, 1.54) is 6.92 Å². The number of hydrogen-bond acceptors (Lipinski definition) is 3. The number of hydrogen-bond donors (Lipinski definition) is 0. The Morgan fingerprint density at radius 3 is 2.29 bits per heavy atom. The lowest BCUT2D eigenvalue weighted by Gasteiger charge is -2.06. The Morgan fingerprint density at radius 1 is 1.06 bits per heavy atom. The highest BCUT2D eigenvalue weighted by Crippen LogP contribution is 2.10. The van der Waals surface area contributed by atoms with Crippen LogP contribution in [0.5, 0.6) is 0 Å². The molecule has 0 atom stereocenters. The van der Waals surface area contributed by atoms with E-state index in [-0.39, 0.29) is 11.5 Å². The molecule has 17 heavy (non-hydrogen) atoms. The molecular weight excluding hydrogens is 216 g/mol. The third-order valence-electron chi connectivity index (χ3n) is 2.40. The number of Topliss-reactive ketones (excluding diaryl/α,β-unsaturated/α-hetero) is 1. The summed E-state index contributed by atoms with van der Waals surface area (Å²) in [5, 5.41) is 0. The van der Waals surface area contributed by atoms with Gasteiger partial charge in [-0.3, -0.25) is 9.59 Å². The highest BCUT2D eigenvalue weighted by atomic mass is 16.5. The molecular formula is C14H24O3. The molecule has 0 spiro atoms. The average Bonchev–Trinajstić information content (AvgIpc) is 2.29. The Morgan fingerprint density at radius 2 is 1.76 bits per heavy atom. The molecule has 0 heterocycles. The van der Waals surface area contributed by atoms with E-state index >= 15 is 0 Å². The molecule has 0 radical (unpaired) electrons.